The second-order valence-corrected chi connectivity index (χ2v) is 4.90. The lowest BCUT2D eigenvalue weighted by Crippen LogP contribution is -2.33. The molecule has 0 aliphatic heterocycles. The van der Waals surface area contributed by atoms with Crippen LogP contribution in [0.4, 0.5) is 0 Å². The lowest BCUT2D eigenvalue weighted by atomic mass is 10.1. The van der Waals surface area contributed by atoms with E-state index in [1.807, 2.05) is 43.7 Å². The van der Waals surface area contributed by atoms with Gasteiger partial charge in [-0.15, -0.1) is 0 Å². The zero-order chi connectivity index (χ0) is 14.4. The maximum Gasteiger partial charge on any atom is 0.0489 e. The molecule has 0 spiro atoms. The fourth-order valence-electron chi connectivity index (χ4n) is 2.34. The zero-order valence-corrected chi connectivity index (χ0v) is 12.2. The van der Waals surface area contributed by atoms with Crippen molar-refractivity contribution in [2.45, 2.75) is 26.4 Å². The van der Waals surface area contributed by atoms with Gasteiger partial charge in [-0.2, -0.15) is 0 Å². The standard InChI is InChI=1S/C16H22N4/c1-3-20(12-14-6-8-18-9-7-14)16(10-17)15-5-4-13(2)19-11-15/h4-9,11,16H,3,10,12,17H2,1-2H3. The predicted molar refractivity (Wildman–Crippen MR) is 81.1 cm³/mol. The van der Waals surface area contributed by atoms with Crippen LogP contribution in [0.3, 0.4) is 0 Å². The van der Waals surface area contributed by atoms with Gasteiger partial charge in [0.2, 0.25) is 0 Å². The van der Waals surface area contributed by atoms with E-state index in [-0.39, 0.29) is 6.04 Å². The van der Waals surface area contributed by atoms with Crippen molar-refractivity contribution in [3.8, 4) is 0 Å². The largest absolute Gasteiger partial charge is 0.329 e. The topological polar surface area (TPSA) is 55.0 Å². The van der Waals surface area contributed by atoms with Crippen molar-refractivity contribution in [1.29, 1.82) is 0 Å². The molecule has 20 heavy (non-hydrogen) atoms. The molecule has 106 valence electrons. The van der Waals surface area contributed by atoms with Crippen molar-refractivity contribution in [2.24, 2.45) is 5.73 Å². The van der Waals surface area contributed by atoms with Crippen LogP contribution in [0, 0.1) is 6.92 Å². The van der Waals surface area contributed by atoms with Gasteiger partial charge in [0.1, 0.15) is 0 Å². The van der Waals surface area contributed by atoms with Crippen LogP contribution < -0.4 is 5.73 Å². The number of hydrogen-bond acceptors (Lipinski definition) is 4. The molecule has 1 atom stereocenters. The van der Waals surface area contributed by atoms with Crippen LogP contribution in [-0.4, -0.2) is 28.0 Å². The zero-order valence-electron chi connectivity index (χ0n) is 12.2. The number of aryl methyl sites for hydroxylation is 1. The summed E-state index contributed by atoms with van der Waals surface area (Å²) in [5.74, 6) is 0. The van der Waals surface area contributed by atoms with Gasteiger partial charge in [-0.3, -0.25) is 14.9 Å². The lowest BCUT2D eigenvalue weighted by Gasteiger charge is -2.30. The first-order chi connectivity index (χ1) is 9.74. The second-order valence-electron chi connectivity index (χ2n) is 4.90. The van der Waals surface area contributed by atoms with E-state index in [1.54, 1.807) is 0 Å². The molecule has 2 aromatic rings. The molecule has 0 aliphatic rings. The minimum absolute atomic E-state index is 0.196. The Kier molecular flexibility index (Phi) is 5.21. The van der Waals surface area contributed by atoms with Crippen LogP contribution in [0.2, 0.25) is 0 Å². The van der Waals surface area contributed by atoms with E-state index >= 15 is 0 Å². The normalized spacial score (nSPS) is 12.6. The van der Waals surface area contributed by atoms with Gasteiger partial charge in [-0.1, -0.05) is 13.0 Å². The third-order valence-corrected chi connectivity index (χ3v) is 3.52. The van der Waals surface area contributed by atoms with Gasteiger partial charge in [0, 0.05) is 43.4 Å². The molecule has 2 heterocycles. The van der Waals surface area contributed by atoms with E-state index in [4.69, 9.17) is 5.73 Å². The van der Waals surface area contributed by atoms with Gasteiger partial charge in [0.25, 0.3) is 0 Å². The van der Waals surface area contributed by atoms with Gasteiger partial charge in [-0.05, 0) is 42.8 Å². The summed E-state index contributed by atoms with van der Waals surface area (Å²) in [6.45, 7) is 6.55. The summed E-state index contributed by atoms with van der Waals surface area (Å²) < 4.78 is 0. The summed E-state index contributed by atoms with van der Waals surface area (Å²) in [7, 11) is 0. The Bertz CT molecular complexity index is 510. The first-order valence-electron chi connectivity index (χ1n) is 7.00. The molecule has 0 aromatic carbocycles. The van der Waals surface area contributed by atoms with Crippen molar-refractivity contribution < 1.29 is 0 Å². The number of aromatic nitrogens is 2. The molecule has 0 radical (unpaired) electrons. The van der Waals surface area contributed by atoms with E-state index in [9.17, 15) is 0 Å². The Morgan fingerprint density at radius 2 is 1.95 bits per heavy atom. The van der Waals surface area contributed by atoms with E-state index in [0.717, 1.165) is 18.8 Å². The molecule has 2 N–H and O–H groups in total. The highest BCUT2D eigenvalue weighted by atomic mass is 15.2. The molecule has 1 unspecified atom stereocenters. The van der Waals surface area contributed by atoms with Gasteiger partial charge in [0.15, 0.2) is 0 Å². The number of likely N-dealkylation sites (N-methyl/N-ethyl adjacent to an activating group) is 1. The van der Waals surface area contributed by atoms with E-state index < -0.39 is 0 Å². The van der Waals surface area contributed by atoms with Crippen LogP contribution in [-0.2, 0) is 6.54 Å². The smallest absolute Gasteiger partial charge is 0.0489 e. The van der Waals surface area contributed by atoms with Crippen LogP contribution in [0.25, 0.3) is 0 Å². The highest BCUT2D eigenvalue weighted by Crippen LogP contribution is 2.21. The molecule has 0 bridgehead atoms. The van der Waals surface area contributed by atoms with E-state index in [1.165, 1.54) is 11.1 Å². The van der Waals surface area contributed by atoms with Crippen molar-refractivity contribution in [1.82, 2.24) is 14.9 Å². The monoisotopic (exact) mass is 270 g/mol. The number of pyridine rings is 2. The third-order valence-electron chi connectivity index (χ3n) is 3.52. The highest BCUT2D eigenvalue weighted by Gasteiger charge is 2.18. The Balaban J connectivity index is 2.17. The summed E-state index contributed by atoms with van der Waals surface area (Å²) in [4.78, 5) is 10.8. The van der Waals surface area contributed by atoms with Gasteiger partial charge in [0.05, 0.1) is 0 Å². The molecule has 4 nitrogen and oxygen atoms in total. The van der Waals surface area contributed by atoms with Crippen LogP contribution in [0.5, 0.6) is 0 Å². The summed E-state index contributed by atoms with van der Waals surface area (Å²) in [5.41, 5.74) is 9.45. The van der Waals surface area contributed by atoms with Crippen LogP contribution >= 0.6 is 0 Å². The number of rotatable bonds is 6. The molecular formula is C16H22N4. The number of nitrogens with zero attached hydrogens (tertiary/aromatic N) is 3. The fourth-order valence-corrected chi connectivity index (χ4v) is 2.34. The maximum atomic E-state index is 5.99. The van der Waals surface area contributed by atoms with Crippen molar-refractivity contribution in [3.63, 3.8) is 0 Å². The van der Waals surface area contributed by atoms with Gasteiger partial charge in [-0.25, -0.2) is 0 Å². The van der Waals surface area contributed by atoms with Crippen molar-refractivity contribution in [2.75, 3.05) is 13.1 Å². The van der Waals surface area contributed by atoms with E-state index in [0.29, 0.717) is 6.54 Å². The van der Waals surface area contributed by atoms with Crippen molar-refractivity contribution in [3.05, 3.63) is 59.7 Å². The second kappa shape index (κ2) is 7.12. The molecular weight excluding hydrogens is 248 g/mol. The van der Waals surface area contributed by atoms with Gasteiger partial charge < -0.3 is 5.73 Å². The Morgan fingerprint density at radius 1 is 1.20 bits per heavy atom. The van der Waals surface area contributed by atoms with Crippen LogP contribution in [0.1, 0.15) is 29.8 Å². The molecule has 4 heteroatoms. The first-order valence-corrected chi connectivity index (χ1v) is 7.00. The molecule has 0 saturated carbocycles. The average molecular weight is 270 g/mol. The maximum absolute atomic E-state index is 5.99. The third kappa shape index (κ3) is 3.62. The Labute approximate surface area is 120 Å². The van der Waals surface area contributed by atoms with E-state index in [2.05, 4.69) is 27.9 Å². The number of nitrogens with two attached hydrogens (primary N) is 1. The Morgan fingerprint density at radius 3 is 2.50 bits per heavy atom. The quantitative estimate of drug-likeness (QED) is 0.875. The first kappa shape index (κ1) is 14.6. The minimum Gasteiger partial charge on any atom is -0.329 e. The average Bonchev–Trinajstić information content (AvgIpc) is 2.49. The van der Waals surface area contributed by atoms with Crippen molar-refractivity contribution >= 4 is 0 Å². The van der Waals surface area contributed by atoms with Crippen LogP contribution in [0.15, 0.2) is 42.9 Å². The summed E-state index contributed by atoms with van der Waals surface area (Å²) in [6, 6.07) is 8.45. The molecule has 0 saturated heterocycles. The minimum atomic E-state index is 0.196. The molecule has 0 aliphatic carbocycles. The molecule has 0 amide bonds. The van der Waals surface area contributed by atoms with Gasteiger partial charge >= 0.3 is 0 Å². The lowest BCUT2D eigenvalue weighted by molar-refractivity contribution is 0.203. The summed E-state index contributed by atoms with van der Waals surface area (Å²) in [5, 5.41) is 0. The molecule has 0 fully saturated rings. The highest BCUT2D eigenvalue weighted by molar-refractivity contribution is 5.19. The SMILES string of the molecule is CCN(Cc1ccncc1)C(CN)c1ccc(C)nc1. The number of hydrogen-bond donors (Lipinski definition) is 1. The molecule has 2 rings (SSSR count). The predicted octanol–water partition coefficient (Wildman–Crippen LogP) is 2.31. The summed E-state index contributed by atoms with van der Waals surface area (Å²) >= 11 is 0. The molecule has 2 aromatic heterocycles. The fraction of sp³-hybridized carbons (Fsp3) is 0.375. The summed E-state index contributed by atoms with van der Waals surface area (Å²) in [6.07, 6.45) is 5.59. The Hall–Kier alpha value is -1.78.